The zero-order valence-electron chi connectivity index (χ0n) is 19.8. The number of fused-ring (bicyclic) bond motifs is 1. The molecule has 4 aromatic rings. The predicted octanol–water partition coefficient (Wildman–Crippen LogP) is 5.43. The second-order valence-corrected chi connectivity index (χ2v) is 11.7. The molecule has 1 saturated carbocycles. The third kappa shape index (κ3) is 5.12. The van der Waals surface area contributed by atoms with Gasteiger partial charge in [0.05, 0.1) is 21.3 Å². The fraction of sp³-hybridized carbons (Fsp3) is 0.308. The molecule has 0 bridgehead atoms. The Morgan fingerprint density at radius 2 is 1.86 bits per heavy atom. The van der Waals surface area contributed by atoms with E-state index < -0.39 is 10.0 Å². The molecular weight excluding hydrogens is 526 g/mol. The van der Waals surface area contributed by atoms with Crippen molar-refractivity contribution < 1.29 is 8.42 Å². The summed E-state index contributed by atoms with van der Waals surface area (Å²) in [5.74, 6) is 1.43. The van der Waals surface area contributed by atoms with E-state index in [0.29, 0.717) is 30.3 Å². The van der Waals surface area contributed by atoms with Gasteiger partial charge >= 0.3 is 0 Å². The van der Waals surface area contributed by atoms with Gasteiger partial charge < -0.3 is 5.32 Å². The number of rotatable bonds is 9. The van der Waals surface area contributed by atoms with Crippen molar-refractivity contribution in [2.75, 3.05) is 18.4 Å². The Bertz CT molecular complexity index is 1500. The molecule has 2 N–H and O–H groups in total. The van der Waals surface area contributed by atoms with E-state index in [0.717, 1.165) is 38.3 Å². The number of anilines is 1. The maximum atomic E-state index is 12.6. The Labute approximate surface area is 214 Å². The summed E-state index contributed by atoms with van der Waals surface area (Å²) in [6.07, 6.45) is 4.80. The van der Waals surface area contributed by atoms with Crippen LogP contribution in [0.4, 0.5) is 5.82 Å². The molecule has 2 heterocycles. The summed E-state index contributed by atoms with van der Waals surface area (Å²) >= 11 is 3.56. The number of nitrogens with zero attached hydrogens (tertiary/aromatic N) is 3. The monoisotopic (exact) mass is 553 g/mol. The highest BCUT2D eigenvalue weighted by Gasteiger charge is 2.27. The Kier molecular flexibility index (Phi) is 6.65. The molecular formula is C26H28BrN5O2S. The molecule has 35 heavy (non-hydrogen) atoms. The van der Waals surface area contributed by atoms with Gasteiger partial charge in [-0.05, 0) is 83.8 Å². The van der Waals surface area contributed by atoms with Crippen LogP contribution < -0.4 is 10.0 Å². The SMILES string of the molecule is Cc1ccc(S(=O)(=O)NCCCNc2cc(-c3ccccc3C3CC3)nc3c(Br)cnn23)cc1C. The molecule has 7 nitrogen and oxygen atoms in total. The van der Waals surface area contributed by atoms with E-state index in [1.54, 1.807) is 22.8 Å². The van der Waals surface area contributed by atoms with E-state index in [2.05, 4.69) is 49.3 Å². The van der Waals surface area contributed by atoms with Crippen molar-refractivity contribution in [2.24, 2.45) is 0 Å². The van der Waals surface area contributed by atoms with Gasteiger partial charge in [0.1, 0.15) is 5.82 Å². The van der Waals surface area contributed by atoms with Crippen molar-refractivity contribution in [2.45, 2.75) is 43.9 Å². The van der Waals surface area contributed by atoms with Crippen molar-refractivity contribution in [1.82, 2.24) is 19.3 Å². The number of sulfonamides is 1. The number of aromatic nitrogens is 3. The molecule has 2 aromatic carbocycles. The van der Waals surface area contributed by atoms with Crippen LogP contribution in [0.2, 0.25) is 0 Å². The van der Waals surface area contributed by atoms with Gasteiger partial charge in [0.15, 0.2) is 5.65 Å². The first-order valence-corrected chi connectivity index (χ1v) is 14.1. The first-order valence-electron chi connectivity index (χ1n) is 11.8. The van der Waals surface area contributed by atoms with Crippen LogP contribution in [0.5, 0.6) is 0 Å². The van der Waals surface area contributed by atoms with Gasteiger partial charge in [0, 0.05) is 24.7 Å². The second-order valence-electron chi connectivity index (χ2n) is 9.04. The van der Waals surface area contributed by atoms with Crippen molar-refractivity contribution in [1.29, 1.82) is 0 Å². The molecule has 0 aliphatic heterocycles. The molecule has 0 radical (unpaired) electrons. The lowest BCUT2D eigenvalue weighted by Crippen LogP contribution is -2.26. The summed E-state index contributed by atoms with van der Waals surface area (Å²) < 4.78 is 30.6. The minimum absolute atomic E-state index is 0.296. The third-order valence-corrected chi connectivity index (χ3v) is 8.44. The van der Waals surface area contributed by atoms with E-state index in [9.17, 15) is 8.42 Å². The third-order valence-electron chi connectivity index (χ3n) is 6.42. The van der Waals surface area contributed by atoms with Crippen molar-refractivity contribution in [3.05, 3.63) is 75.9 Å². The van der Waals surface area contributed by atoms with Crippen LogP contribution in [0.3, 0.4) is 0 Å². The molecule has 0 amide bonds. The maximum absolute atomic E-state index is 12.6. The smallest absolute Gasteiger partial charge is 0.240 e. The van der Waals surface area contributed by atoms with Crippen LogP contribution in [0.15, 0.2) is 64.1 Å². The molecule has 1 aliphatic carbocycles. The van der Waals surface area contributed by atoms with Crippen LogP contribution in [0.1, 0.15) is 41.9 Å². The highest BCUT2D eigenvalue weighted by molar-refractivity contribution is 9.10. The summed E-state index contributed by atoms with van der Waals surface area (Å²) in [5.41, 5.74) is 6.16. The first kappa shape index (κ1) is 24.0. The number of aryl methyl sites for hydroxylation is 2. The van der Waals surface area contributed by atoms with E-state index in [4.69, 9.17) is 4.98 Å². The average Bonchev–Trinajstić information content (AvgIpc) is 3.63. The zero-order valence-corrected chi connectivity index (χ0v) is 22.2. The Morgan fingerprint density at radius 1 is 1.06 bits per heavy atom. The Balaban J connectivity index is 1.29. The number of hydrogen-bond acceptors (Lipinski definition) is 5. The minimum Gasteiger partial charge on any atom is -0.370 e. The van der Waals surface area contributed by atoms with E-state index in [-0.39, 0.29) is 0 Å². The van der Waals surface area contributed by atoms with Crippen LogP contribution in [0.25, 0.3) is 16.9 Å². The quantitative estimate of drug-likeness (QED) is 0.269. The van der Waals surface area contributed by atoms with Crippen LogP contribution in [-0.2, 0) is 10.0 Å². The topological polar surface area (TPSA) is 88.4 Å². The van der Waals surface area contributed by atoms with Gasteiger partial charge in [-0.25, -0.2) is 18.1 Å². The van der Waals surface area contributed by atoms with E-state index in [1.807, 2.05) is 32.0 Å². The van der Waals surface area contributed by atoms with Gasteiger partial charge in [-0.3, -0.25) is 0 Å². The van der Waals surface area contributed by atoms with Crippen molar-refractivity contribution in [3.8, 4) is 11.3 Å². The van der Waals surface area contributed by atoms with E-state index >= 15 is 0 Å². The van der Waals surface area contributed by atoms with Gasteiger partial charge in [0.2, 0.25) is 10.0 Å². The lowest BCUT2D eigenvalue weighted by molar-refractivity contribution is 0.580. The van der Waals surface area contributed by atoms with Gasteiger partial charge in [0.25, 0.3) is 0 Å². The van der Waals surface area contributed by atoms with Crippen LogP contribution in [0, 0.1) is 13.8 Å². The fourth-order valence-electron chi connectivity index (χ4n) is 4.16. The fourth-order valence-corrected chi connectivity index (χ4v) is 5.66. The lowest BCUT2D eigenvalue weighted by Gasteiger charge is -2.13. The molecule has 9 heteroatoms. The number of halogens is 1. The average molecular weight is 555 g/mol. The number of benzene rings is 2. The molecule has 0 saturated heterocycles. The van der Waals surface area contributed by atoms with Crippen molar-refractivity contribution in [3.63, 3.8) is 0 Å². The molecule has 1 aliphatic rings. The molecule has 0 unspecified atom stereocenters. The summed E-state index contributed by atoms with van der Waals surface area (Å²) in [7, 11) is -3.54. The molecule has 0 atom stereocenters. The minimum atomic E-state index is -3.54. The van der Waals surface area contributed by atoms with Gasteiger partial charge in [-0.15, -0.1) is 0 Å². The van der Waals surface area contributed by atoms with Crippen molar-refractivity contribution >= 4 is 37.4 Å². The number of hydrogen-bond donors (Lipinski definition) is 2. The van der Waals surface area contributed by atoms with Gasteiger partial charge in [-0.1, -0.05) is 30.3 Å². The Morgan fingerprint density at radius 3 is 2.63 bits per heavy atom. The number of nitrogens with one attached hydrogen (secondary N) is 2. The standard InChI is InChI=1S/C26H28BrN5O2S/c1-17-8-11-20(14-18(17)2)35(33,34)30-13-5-12-28-25-15-24(31-26-23(27)16-29-32(25)26)22-7-4-3-6-21(22)19-9-10-19/h3-4,6-8,11,14-16,19,28,30H,5,9-10,12-13H2,1-2H3. The lowest BCUT2D eigenvalue weighted by atomic mass is 10.0. The highest BCUT2D eigenvalue weighted by atomic mass is 79.9. The normalized spacial score (nSPS) is 13.9. The molecule has 2 aromatic heterocycles. The molecule has 0 spiro atoms. The first-order chi connectivity index (χ1) is 16.8. The Hall–Kier alpha value is -2.75. The summed E-state index contributed by atoms with van der Waals surface area (Å²) in [4.78, 5) is 5.18. The molecule has 1 fully saturated rings. The van der Waals surface area contributed by atoms with Crippen LogP contribution >= 0.6 is 15.9 Å². The van der Waals surface area contributed by atoms with E-state index in [1.165, 1.54) is 18.4 Å². The summed E-state index contributed by atoms with van der Waals surface area (Å²) in [6, 6.07) is 15.7. The molecule has 5 rings (SSSR count). The van der Waals surface area contributed by atoms with Crippen LogP contribution in [-0.4, -0.2) is 36.1 Å². The van der Waals surface area contributed by atoms with Gasteiger partial charge in [-0.2, -0.15) is 9.61 Å². The second kappa shape index (κ2) is 9.72. The highest BCUT2D eigenvalue weighted by Crippen LogP contribution is 2.44. The summed E-state index contributed by atoms with van der Waals surface area (Å²) in [5, 5.41) is 7.87. The maximum Gasteiger partial charge on any atom is 0.240 e. The molecule has 182 valence electrons. The largest absolute Gasteiger partial charge is 0.370 e. The zero-order chi connectivity index (χ0) is 24.6. The predicted molar refractivity (Wildman–Crippen MR) is 142 cm³/mol. The summed E-state index contributed by atoms with van der Waals surface area (Å²) in [6.45, 7) is 4.79.